The number of nitriles is 1. The van der Waals surface area contributed by atoms with E-state index >= 15 is 0 Å². The number of para-hydroxylation sites is 1. The molecule has 0 heterocycles. The topological polar surface area (TPSA) is 59.3 Å². The summed E-state index contributed by atoms with van der Waals surface area (Å²) in [6.45, 7) is 0.0925. The van der Waals surface area contributed by atoms with Gasteiger partial charge in [0.05, 0.1) is 0 Å². The molecule has 2 rings (SSSR count). The first-order valence-corrected chi connectivity index (χ1v) is 6.11. The Balaban J connectivity index is 2.08. The highest BCUT2D eigenvalue weighted by molar-refractivity contribution is 5.92. The number of ether oxygens (including phenoxy) is 2. The highest BCUT2D eigenvalue weighted by atomic mass is 16.5. The third kappa shape index (κ3) is 3.59. The van der Waals surface area contributed by atoms with Gasteiger partial charge in [-0.2, -0.15) is 5.26 Å². The van der Waals surface area contributed by atoms with Gasteiger partial charge in [-0.3, -0.25) is 0 Å². The van der Waals surface area contributed by atoms with Crippen LogP contribution in [0.1, 0.15) is 15.9 Å². The van der Waals surface area contributed by atoms with E-state index in [4.69, 9.17) is 14.7 Å². The molecular weight excluding hydrogens is 254 g/mol. The van der Waals surface area contributed by atoms with Crippen molar-refractivity contribution in [1.82, 2.24) is 0 Å². The summed E-state index contributed by atoms with van der Waals surface area (Å²) in [5.41, 5.74) is 1.33. The van der Waals surface area contributed by atoms with Crippen molar-refractivity contribution in [3.8, 4) is 11.8 Å². The predicted molar refractivity (Wildman–Crippen MR) is 73.1 cm³/mol. The Hall–Kier alpha value is -2.80. The number of hydrogen-bond acceptors (Lipinski definition) is 4. The minimum Gasteiger partial charge on any atom is -0.488 e. The molecule has 0 spiro atoms. The Labute approximate surface area is 117 Å². The molecule has 0 saturated heterocycles. The molecule has 0 unspecified atom stereocenters. The standard InChI is InChI=1S/C16H13NO3/c17-10-11-19-16(18)14-8-4-5-9-15(14)20-12-13-6-2-1-3-7-13/h1-9H,11-12H2. The third-order valence-electron chi connectivity index (χ3n) is 2.61. The van der Waals surface area contributed by atoms with Crippen LogP contribution in [0, 0.1) is 11.3 Å². The van der Waals surface area contributed by atoms with Crippen molar-refractivity contribution in [1.29, 1.82) is 5.26 Å². The van der Waals surface area contributed by atoms with Gasteiger partial charge < -0.3 is 9.47 Å². The Bertz CT molecular complexity index is 617. The van der Waals surface area contributed by atoms with Crippen molar-refractivity contribution in [2.75, 3.05) is 6.61 Å². The van der Waals surface area contributed by atoms with E-state index in [9.17, 15) is 4.79 Å². The molecule has 4 heteroatoms. The van der Waals surface area contributed by atoms with Crippen LogP contribution in [0.3, 0.4) is 0 Å². The fourth-order valence-corrected chi connectivity index (χ4v) is 1.67. The average Bonchev–Trinajstić information content (AvgIpc) is 2.52. The lowest BCUT2D eigenvalue weighted by Crippen LogP contribution is -2.08. The minimum absolute atomic E-state index is 0.272. The lowest BCUT2D eigenvalue weighted by Gasteiger charge is -2.10. The monoisotopic (exact) mass is 267 g/mol. The van der Waals surface area contributed by atoms with Gasteiger partial charge in [-0.25, -0.2) is 4.79 Å². The Morgan fingerprint density at radius 1 is 1.05 bits per heavy atom. The van der Waals surface area contributed by atoms with Gasteiger partial charge in [0.1, 0.15) is 24.0 Å². The van der Waals surface area contributed by atoms with E-state index in [1.807, 2.05) is 30.3 Å². The SMILES string of the molecule is N#CCOC(=O)c1ccccc1OCc1ccccc1. The smallest absolute Gasteiger partial charge is 0.342 e. The molecule has 0 aromatic heterocycles. The van der Waals surface area contributed by atoms with Crippen molar-refractivity contribution in [2.45, 2.75) is 6.61 Å². The third-order valence-corrected chi connectivity index (χ3v) is 2.61. The fraction of sp³-hybridized carbons (Fsp3) is 0.125. The lowest BCUT2D eigenvalue weighted by atomic mass is 10.2. The number of carbonyl (C=O) groups is 1. The fourth-order valence-electron chi connectivity index (χ4n) is 1.67. The van der Waals surface area contributed by atoms with Gasteiger partial charge in [-0.05, 0) is 17.7 Å². The molecule has 0 aliphatic heterocycles. The van der Waals surface area contributed by atoms with Crippen LogP contribution >= 0.6 is 0 Å². The maximum atomic E-state index is 11.8. The molecule has 0 radical (unpaired) electrons. The molecular formula is C16H13NO3. The molecule has 0 atom stereocenters. The molecule has 2 aromatic rings. The number of esters is 1. The average molecular weight is 267 g/mol. The van der Waals surface area contributed by atoms with Crippen LogP contribution in [0.25, 0.3) is 0 Å². The number of carbonyl (C=O) groups excluding carboxylic acids is 1. The van der Waals surface area contributed by atoms with Gasteiger partial charge >= 0.3 is 5.97 Å². The van der Waals surface area contributed by atoms with E-state index in [-0.39, 0.29) is 6.61 Å². The van der Waals surface area contributed by atoms with Crippen LogP contribution in [0.5, 0.6) is 5.75 Å². The predicted octanol–water partition coefficient (Wildman–Crippen LogP) is 2.95. The summed E-state index contributed by atoms with van der Waals surface area (Å²) >= 11 is 0. The number of hydrogen-bond donors (Lipinski definition) is 0. The first-order chi connectivity index (χ1) is 9.81. The van der Waals surface area contributed by atoms with Crippen LogP contribution in [-0.4, -0.2) is 12.6 Å². The van der Waals surface area contributed by atoms with E-state index in [1.165, 1.54) is 0 Å². The van der Waals surface area contributed by atoms with Crippen molar-refractivity contribution in [3.63, 3.8) is 0 Å². The van der Waals surface area contributed by atoms with Gasteiger partial charge in [-0.15, -0.1) is 0 Å². The summed E-state index contributed by atoms with van der Waals surface area (Å²) in [5.74, 6) is -0.116. The highest BCUT2D eigenvalue weighted by Gasteiger charge is 2.13. The largest absolute Gasteiger partial charge is 0.488 e. The second-order valence-corrected chi connectivity index (χ2v) is 4.00. The van der Waals surface area contributed by atoms with E-state index < -0.39 is 5.97 Å². The van der Waals surface area contributed by atoms with E-state index in [0.29, 0.717) is 17.9 Å². The summed E-state index contributed by atoms with van der Waals surface area (Å²) < 4.78 is 10.4. The van der Waals surface area contributed by atoms with Crippen LogP contribution in [0.15, 0.2) is 54.6 Å². The highest BCUT2D eigenvalue weighted by Crippen LogP contribution is 2.20. The quantitative estimate of drug-likeness (QED) is 0.781. The molecule has 4 nitrogen and oxygen atoms in total. The zero-order valence-electron chi connectivity index (χ0n) is 10.8. The molecule has 0 fully saturated rings. The second-order valence-electron chi connectivity index (χ2n) is 4.00. The van der Waals surface area contributed by atoms with Crippen LogP contribution in [0.4, 0.5) is 0 Å². The molecule has 100 valence electrons. The maximum Gasteiger partial charge on any atom is 0.342 e. The zero-order valence-corrected chi connectivity index (χ0v) is 10.8. The minimum atomic E-state index is -0.560. The van der Waals surface area contributed by atoms with Gasteiger partial charge in [0.25, 0.3) is 0 Å². The van der Waals surface area contributed by atoms with Crippen LogP contribution < -0.4 is 4.74 Å². The van der Waals surface area contributed by atoms with E-state index in [2.05, 4.69) is 0 Å². The molecule has 2 aromatic carbocycles. The number of rotatable bonds is 5. The Kier molecular flexibility index (Phi) is 4.74. The molecule has 0 aliphatic rings. The summed E-state index contributed by atoms with van der Waals surface area (Å²) in [4.78, 5) is 11.8. The van der Waals surface area contributed by atoms with Crippen LogP contribution in [-0.2, 0) is 11.3 Å². The normalized spacial score (nSPS) is 9.55. The molecule has 0 aliphatic carbocycles. The summed E-state index contributed by atoms with van der Waals surface area (Å²) in [6.07, 6.45) is 0. The Morgan fingerprint density at radius 3 is 2.50 bits per heavy atom. The number of nitrogens with zero attached hydrogens (tertiary/aromatic N) is 1. The van der Waals surface area contributed by atoms with Gasteiger partial charge in [0.2, 0.25) is 0 Å². The molecule has 0 amide bonds. The summed E-state index contributed by atoms with van der Waals surface area (Å²) in [7, 11) is 0. The van der Waals surface area contributed by atoms with E-state index in [1.54, 1.807) is 30.3 Å². The summed E-state index contributed by atoms with van der Waals surface area (Å²) in [6, 6.07) is 18.2. The second kappa shape index (κ2) is 6.95. The molecule has 0 saturated carbocycles. The van der Waals surface area contributed by atoms with Crippen molar-refractivity contribution in [2.24, 2.45) is 0 Å². The van der Waals surface area contributed by atoms with Crippen molar-refractivity contribution in [3.05, 3.63) is 65.7 Å². The van der Waals surface area contributed by atoms with Crippen molar-refractivity contribution >= 4 is 5.97 Å². The van der Waals surface area contributed by atoms with Gasteiger partial charge in [-0.1, -0.05) is 42.5 Å². The molecule has 0 bridgehead atoms. The van der Waals surface area contributed by atoms with Gasteiger partial charge in [0.15, 0.2) is 6.61 Å². The lowest BCUT2D eigenvalue weighted by molar-refractivity contribution is 0.0550. The first-order valence-electron chi connectivity index (χ1n) is 6.11. The Morgan fingerprint density at radius 2 is 1.75 bits per heavy atom. The number of benzene rings is 2. The van der Waals surface area contributed by atoms with Crippen LogP contribution in [0.2, 0.25) is 0 Å². The summed E-state index contributed by atoms with van der Waals surface area (Å²) in [5, 5.41) is 8.42. The maximum absolute atomic E-state index is 11.8. The van der Waals surface area contributed by atoms with Crippen molar-refractivity contribution < 1.29 is 14.3 Å². The molecule has 20 heavy (non-hydrogen) atoms. The molecule has 0 N–H and O–H groups in total. The van der Waals surface area contributed by atoms with Gasteiger partial charge in [0, 0.05) is 0 Å². The first kappa shape index (κ1) is 13.6. The zero-order chi connectivity index (χ0) is 14.2. The van der Waals surface area contributed by atoms with E-state index in [0.717, 1.165) is 5.56 Å².